The van der Waals surface area contributed by atoms with Crippen LogP contribution in [0.5, 0.6) is 0 Å². The predicted octanol–water partition coefficient (Wildman–Crippen LogP) is 5.08. The fourth-order valence-electron chi connectivity index (χ4n) is 4.33. The van der Waals surface area contributed by atoms with Crippen LogP contribution in [0.2, 0.25) is 0 Å². The topological polar surface area (TPSA) is 67.9 Å². The number of carbonyl (C=O) groups excluding carboxylic acids is 2. The van der Waals surface area contributed by atoms with E-state index in [-0.39, 0.29) is 28.8 Å². The molecule has 6 nitrogen and oxygen atoms in total. The summed E-state index contributed by atoms with van der Waals surface area (Å²) in [5, 5.41) is 3.05. The molecule has 172 valence electrons. The number of nitrogens with one attached hydrogen (secondary N) is 1. The van der Waals surface area contributed by atoms with Crippen molar-refractivity contribution in [2.24, 2.45) is 5.41 Å². The van der Waals surface area contributed by atoms with E-state index in [9.17, 15) is 22.8 Å². The summed E-state index contributed by atoms with van der Waals surface area (Å²) in [6, 6.07) is 3.07. The lowest BCUT2D eigenvalue weighted by Gasteiger charge is -2.54. The quantitative estimate of drug-likeness (QED) is 0.661. The average molecular weight is 442 g/mol. The van der Waals surface area contributed by atoms with E-state index in [0.29, 0.717) is 25.9 Å². The Labute approximate surface area is 180 Å². The second-order valence-electron chi connectivity index (χ2n) is 9.32. The van der Waals surface area contributed by atoms with Gasteiger partial charge in [0.15, 0.2) is 0 Å². The van der Waals surface area contributed by atoms with Crippen molar-refractivity contribution in [2.75, 3.05) is 25.5 Å². The van der Waals surface area contributed by atoms with Crippen molar-refractivity contribution >= 4 is 17.7 Å². The number of hydrogen-bond acceptors (Lipinski definition) is 5. The SMILES string of the molecule is COC(=O)c1ccc(C(F)(F)F)c(N[C@@H]2CCC23CCN(C(=O)OC(C)(C)C)CC3)c1. The average Bonchev–Trinajstić information content (AvgIpc) is 2.68. The first-order valence-electron chi connectivity index (χ1n) is 10.4. The third-order valence-corrected chi connectivity index (χ3v) is 6.16. The highest BCUT2D eigenvalue weighted by Gasteiger charge is 2.49. The first-order chi connectivity index (χ1) is 14.3. The van der Waals surface area contributed by atoms with Crippen molar-refractivity contribution in [3.05, 3.63) is 29.3 Å². The third kappa shape index (κ3) is 5.07. The first-order valence-corrected chi connectivity index (χ1v) is 10.4. The van der Waals surface area contributed by atoms with Gasteiger partial charge in [-0.15, -0.1) is 0 Å². The molecule has 1 spiro atoms. The molecule has 1 aliphatic carbocycles. The number of piperidine rings is 1. The van der Waals surface area contributed by atoms with Crippen molar-refractivity contribution < 1.29 is 32.2 Å². The molecule has 1 N–H and O–H groups in total. The van der Waals surface area contributed by atoms with Gasteiger partial charge in [-0.3, -0.25) is 0 Å². The number of alkyl halides is 3. The van der Waals surface area contributed by atoms with Crippen LogP contribution in [0.25, 0.3) is 0 Å². The molecule has 9 heteroatoms. The van der Waals surface area contributed by atoms with Crippen molar-refractivity contribution in [1.82, 2.24) is 4.90 Å². The van der Waals surface area contributed by atoms with Crippen LogP contribution in [0.1, 0.15) is 62.4 Å². The fourth-order valence-corrected chi connectivity index (χ4v) is 4.33. The Morgan fingerprint density at radius 1 is 1.13 bits per heavy atom. The Balaban J connectivity index is 1.73. The predicted molar refractivity (Wildman–Crippen MR) is 109 cm³/mol. The number of nitrogens with zero attached hydrogens (tertiary/aromatic N) is 1. The molecule has 1 saturated carbocycles. The van der Waals surface area contributed by atoms with Crippen molar-refractivity contribution in [2.45, 2.75) is 64.3 Å². The largest absolute Gasteiger partial charge is 0.465 e. The number of esters is 1. The zero-order valence-electron chi connectivity index (χ0n) is 18.3. The Morgan fingerprint density at radius 2 is 1.77 bits per heavy atom. The van der Waals surface area contributed by atoms with Gasteiger partial charge in [-0.2, -0.15) is 13.2 Å². The maximum atomic E-state index is 13.5. The van der Waals surface area contributed by atoms with Gasteiger partial charge < -0.3 is 19.7 Å². The molecule has 2 fully saturated rings. The molecule has 0 bridgehead atoms. The third-order valence-electron chi connectivity index (χ3n) is 6.16. The van der Waals surface area contributed by atoms with Gasteiger partial charge in [0.1, 0.15) is 5.60 Å². The number of likely N-dealkylation sites (tertiary alicyclic amines) is 1. The van der Waals surface area contributed by atoms with Gasteiger partial charge in [-0.25, -0.2) is 9.59 Å². The number of amides is 1. The Morgan fingerprint density at radius 3 is 2.26 bits per heavy atom. The van der Waals surface area contributed by atoms with Gasteiger partial charge in [0, 0.05) is 24.8 Å². The van der Waals surface area contributed by atoms with E-state index < -0.39 is 23.3 Å². The molecule has 1 saturated heterocycles. The van der Waals surface area contributed by atoms with Crippen LogP contribution in [0.3, 0.4) is 0 Å². The standard InChI is InChI=1S/C22H29F3N2O4/c1-20(2,3)31-19(29)27-11-9-21(10-12-27)8-7-17(21)26-16-13-14(18(28)30-4)5-6-15(16)22(23,24)25/h5-6,13,17,26H,7-12H2,1-4H3/t17-/m1/s1. The minimum absolute atomic E-state index is 0.0612. The zero-order valence-corrected chi connectivity index (χ0v) is 18.3. The molecule has 3 rings (SSSR count). The number of halogens is 3. The lowest BCUT2D eigenvalue weighted by atomic mass is 9.59. The molecular formula is C22H29F3N2O4. The van der Waals surface area contributed by atoms with Crippen LogP contribution in [0, 0.1) is 5.41 Å². The minimum atomic E-state index is -4.55. The Kier molecular flexibility index (Phi) is 6.17. The smallest absolute Gasteiger partial charge is 0.418 e. The molecule has 1 aromatic carbocycles. The van der Waals surface area contributed by atoms with Crippen LogP contribution < -0.4 is 5.32 Å². The summed E-state index contributed by atoms with van der Waals surface area (Å²) in [5.41, 5.74) is -1.62. The van der Waals surface area contributed by atoms with Crippen molar-refractivity contribution in [3.63, 3.8) is 0 Å². The minimum Gasteiger partial charge on any atom is -0.465 e. The number of ether oxygens (including phenoxy) is 2. The maximum absolute atomic E-state index is 13.5. The summed E-state index contributed by atoms with van der Waals surface area (Å²) in [4.78, 5) is 25.8. The normalized spacial score (nSPS) is 20.7. The summed E-state index contributed by atoms with van der Waals surface area (Å²) >= 11 is 0. The van der Waals surface area contributed by atoms with Crippen molar-refractivity contribution in [3.8, 4) is 0 Å². The number of methoxy groups -OCH3 is 1. The number of carbonyl (C=O) groups is 2. The highest BCUT2D eigenvalue weighted by Crippen LogP contribution is 2.51. The molecule has 0 radical (unpaired) electrons. The number of hydrogen-bond donors (Lipinski definition) is 1. The van der Waals surface area contributed by atoms with Gasteiger partial charge in [-0.05, 0) is 70.1 Å². The van der Waals surface area contributed by atoms with Gasteiger partial charge in [0.05, 0.1) is 18.2 Å². The van der Waals surface area contributed by atoms with Crippen LogP contribution in [0.4, 0.5) is 23.7 Å². The van der Waals surface area contributed by atoms with Gasteiger partial charge in [-0.1, -0.05) is 0 Å². The summed E-state index contributed by atoms with van der Waals surface area (Å²) in [6.07, 6.45) is -1.94. The molecule has 0 unspecified atom stereocenters. The Hall–Kier alpha value is -2.45. The van der Waals surface area contributed by atoms with Gasteiger partial charge >= 0.3 is 18.2 Å². The molecule has 1 heterocycles. The van der Waals surface area contributed by atoms with Crippen LogP contribution in [-0.2, 0) is 15.7 Å². The highest BCUT2D eigenvalue weighted by atomic mass is 19.4. The van der Waals surface area contributed by atoms with Crippen molar-refractivity contribution in [1.29, 1.82) is 0 Å². The summed E-state index contributed by atoms with van der Waals surface area (Å²) in [5.74, 6) is -0.689. The molecular weight excluding hydrogens is 413 g/mol. The van der Waals surface area contributed by atoms with Crippen LogP contribution >= 0.6 is 0 Å². The molecule has 1 atom stereocenters. The Bertz CT molecular complexity index is 840. The summed E-state index contributed by atoms with van der Waals surface area (Å²) in [6.45, 7) is 6.43. The maximum Gasteiger partial charge on any atom is 0.418 e. The van der Waals surface area contributed by atoms with E-state index in [2.05, 4.69) is 10.1 Å². The van der Waals surface area contributed by atoms with E-state index >= 15 is 0 Å². The highest BCUT2D eigenvalue weighted by molar-refractivity contribution is 5.90. The summed E-state index contributed by atoms with van der Waals surface area (Å²) in [7, 11) is 1.19. The molecule has 1 aliphatic heterocycles. The molecule has 31 heavy (non-hydrogen) atoms. The van der Waals surface area contributed by atoms with E-state index in [0.717, 1.165) is 25.0 Å². The second-order valence-corrected chi connectivity index (χ2v) is 9.32. The lowest BCUT2D eigenvalue weighted by Crippen LogP contribution is -2.56. The van der Waals surface area contributed by atoms with E-state index in [4.69, 9.17) is 4.74 Å². The fraction of sp³-hybridized carbons (Fsp3) is 0.636. The van der Waals surface area contributed by atoms with Crippen LogP contribution in [-0.4, -0.2) is 48.8 Å². The van der Waals surface area contributed by atoms with Crippen LogP contribution in [0.15, 0.2) is 18.2 Å². The molecule has 1 aromatic rings. The molecule has 1 amide bonds. The monoisotopic (exact) mass is 442 g/mol. The number of rotatable bonds is 3. The van der Waals surface area contributed by atoms with Gasteiger partial charge in [0.25, 0.3) is 0 Å². The number of anilines is 1. The number of benzene rings is 1. The second kappa shape index (κ2) is 8.24. The van der Waals surface area contributed by atoms with E-state index in [1.165, 1.54) is 13.2 Å². The van der Waals surface area contributed by atoms with E-state index in [1.54, 1.807) is 4.90 Å². The first kappa shape index (κ1) is 23.2. The molecule has 0 aromatic heterocycles. The zero-order chi connectivity index (χ0) is 23.0. The molecule has 2 aliphatic rings. The lowest BCUT2D eigenvalue weighted by molar-refractivity contribution is -0.137. The van der Waals surface area contributed by atoms with Gasteiger partial charge in [0.2, 0.25) is 0 Å². The summed E-state index contributed by atoms with van der Waals surface area (Å²) < 4.78 is 50.7. The van der Waals surface area contributed by atoms with E-state index in [1.807, 2.05) is 20.8 Å².